The Hall–Kier alpha value is -0.370. The molecule has 0 saturated carbocycles. The molecule has 0 aliphatic rings. The molecule has 0 aromatic carbocycles. The van der Waals surface area contributed by atoms with E-state index in [1.165, 1.54) is 12.8 Å². The Balaban J connectivity index is 3.08. The monoisotopic (exact) mass is 157 g/mol. The number of carbonyl (C=O) groups is 1. The number of carbonyl (C=O) groups excluding carboxylic acids is 1. The van der Waals surface area contributed by atoms with E-state index in [0.717, 1.165) is 12.5 Å². The lowest BCUT2D eigenvalue weighted by Crippen LogP contribution is -2.23. The summed E-state index contributed by atoms with van der Waals surface area (Å²) in [6.07, 6.45) is 2.39. The van der Waals surface area contributed by atoms with Crippen molar-refractivity contribution in [2.75, 3.05) is 13.1 Å². The van der Waals surface area contributed by atoms with E-state index >= 15 is 0 Å². The van der Waals surface area contributed by atoms with Crippen molar-refractivity contribution in [1.82, 2.24) is 5.32 Å². The van der Waals surface area contributed by atoms with Crippen LogP contribution in [0.3, 0.4) is 0 Å². The van der Waals surface area contributed by atoms with Gasteiger partial charge in [-0.2, -0.15) is 0 Å². The van der Waals surface area contributed by atoms with Gasteiger partial charge in [0.25, 0.3) is 0 Å². The molecule has 0 saturated heterocycles. The van der Waals surface area contributed by atoms with Crippen molar-refractivity contribution in [1.29, 1.82) is 0 Å². The Morgan fingerprint density at radius 1 is 1.55 bits per heavy atom. The van der Waals surface area contributed by atoms with Crippen molar-refractivity contribution in [2.24, 2.45) is 5.92 Å². The van der Waals surface area contributed by atoms with E-state index < -0.39 is 0 Å². The van der Waals surface area contributed by atoms with Crippen molar-refractivity contribution in [3.05, 3.63) is 0 Å². The van der Waals surface area contributed by atoms with E-state index in [1.54, 1.807) is 6.92 Å². The first-order valence-electron chi connectivity index (χ1n) is 4.37. The maximum atomic E-state index is 10.5. The Morgan fingerprint density at radius 3 is 2.64 bits per heavy atom. The zero-order valence-electron chi connectivity index (χ0n) is 7.81. The van der Waals surface area contributed by atoms with Crippen LogP contribution < -0.4 is 5.32 Å². The van der Waals surface area contributed by atoms with Crippen LogP contribution in [0, 0.1) is 5.92 Å². The van der Waals surface area contributed by atoms with E-state index in [9.17, 15) is 4.79 Å². The molecular weight excluding hydrogens is 138 g/mol. The van der Waals surface area contributed by atoms with Crippen LogP contribution in [0.5, 0.6) is 0 Å². The van der Waals surface area contributed by atoms with Gasteiger partial charge in [-0.3, -0.25) is 4.79 Å². The van der Waals surface area contributed by atoms with Crippen LogP contribution in [0.4, 0.5) is 0 Å². The molecule has 0 fully saturated rings. The highest BCUT2D eigenvalue weighted by Crippen LogP contribution is 2.03. The molecule has 0 aromatic rings. The van der Waals surface area contributed by atoms with Crippen molar-refractivity contribution in [3.63, 3.8) is 0 Å². The van der Waals surface area contributed by atoms with Crippen molar-refractivity contribution in [2.45, 2.75) is 33.6 Å². The van der Waals surface area contributed by atoms with Crippen LogP contribution in [-0.2, 0) is 4.79 Å². The van der Waals surface area contributed by atoms with Gasteiger partial charge < -0.3 is 5.32 Å². The molecule has 0 amide bonds. The van der Waals surface area contributed by atoms with Crippen LogP contribution in [0.15, 0.2) is 0 Å². The molecule has 11 heavy (non-hydrogen) atoms. The minimum atomic E-state index is 0.217. The third-order valence-electron chi connectivity index (χ3n) is 1.88. The predicted molar refractivity (Wildman–Crippen MR) is 47.6 cm³/mol. The van der Waals surface area contributed by atoms with Crippen molar-refractivity contribution in [3.8, 4) is 0 Å². The summed E-state index contributed by atoms with van der Waals surface area (Å²) in [5.41, 5.74) is 0. The molecule has 1 atom stereocenters. The molecule has 0 heterocycles. The highest BCUT2D eigenvalue weighted by molar-refractivity contribution is 5.77. The molecule has 1 N–H and O–H groups in total. The molecule has 0 spiro atoms. The lowest BCUT2D eigenvalue weighted by Gasteiger charge is -2.07. The highest BCUT2D eigenvalue weighted by Gasteiger charge is 1.97. The predicted octanol–water partition coefficient (Wildman–Crippen LogP) is 1.60. The van der Waals surface area contributed by atoms with E-state index in [-0.39, 0.29) is 5.78 Å². The molecule has 1 unspecified atom stereocenters. The fourth-order valence-electron chi connectivity index (χ4n) is 0.817. The standard InChI is InChI=1S/C9H19NO/c1-4-8(2)5-6-10-7-9(3)11/h8,10H,4-7H2,1-3H3. The minimum absolute atomic E-state index is 0.217. The van der Waals surface area contributed by atoms with E-state index in [1.807, 2.05) is 0 Å². The van der Waals surface area contributed by atoms with E-state index in [4.69, 9.17) is 0 Å². The number of hydrogen-bond donors (Lipinski definition) is 1. The van der Waals surface area contributed by atoms with Gasteiger partial charge in [0, 0.05) is 0 Å². The van der Waals surface area contributed by atoms with E-state index in [2.05, 4.69) is 19.2 Å². The van der Waals surface area contributed by atoms with Gasteiger partial charge >= 0.3 is 0 Å². The SMILES string of the molecule is CCC(C)CCNCC(C)=O. The first kappa shape index (κ1) is 10.6. The average molecular weight is 157 g/mol. The van der Waals surface area contributed by atoms with Crippen LogP contribution in [0.25, 0.3) is 0 Å². The third kappa shape index (κ3) is 7.53. The van der Waals surface area contributed by atoms with Crippen LogP contribution in [-0.4, -0.2) is 18.9 Å². The van der Waals surface area contributed by atoms with Gasteiger partial charge in [-0.15, -0.1) is 0 Å². The summed E-state index contributed by atoms with van der Waals surface area (Å²) < 4.78 is 0. The van der Waals surface area contributed by atoms with Crippen LogP contribution in [0.2, 0.25) is 0 Å². The van der Waals surface area contributed by atoms with Crippen LogP contribution >= 0.6 is 0 Å². The summed E-state index contributed by atoms with van der Waals surface area (Å²) in [6.45, 7) is 7.52. The Labute approximate surface area is 69.4 Å². The van der Waals surface area contributed by atoms with Gasteiger partial charge in [0.1, 0.15) is 5.78 Å². The molecule has 0 rings (SSSR count). The first-order chi connectivity index (χ1) is 5.16. The van der Waals surface area contributed by atoms with Crippen molar-refractivity contribution >= 4 is 5.78 Å². The number of ketones is 1. The fraction of sp³-hybridized carbons (Fsp3) is 0.889. The molecule has 0 aliphatic carbocycles. The second kappa shape index (κ2) is 6.35. The maximum absolute atomic E-state index is 10.5. The zero-order valence-corrected chi connectivity index (χ0v) is 7.81. The summed E-state index contributed by atoms with van der Waals surface area (Å²) in [4.78, 5) is 10.5. The lowest BCUT2D eigenvalue weighted by molar-refractivity contribution is -0.116. The number of rotatable bonds is 6. The molecule has 0 radical (unpaired) electrons. The molecule has 0 aliphatic heterocycles. The molecule has 66 valence electrons. The van der Waals surface area contributed by atoms with Gasteiger partial charge in [0.2, 0.25) is 0 Å². The number of Topliss-reactive ketones (excluding diaryl/α,β-unsaturated/α-hetero) is 1. The Kier molecular flexibility index (Phi) is 6.13. The largest absolute Gasteiger partial charge is 0.310 e. The smallest absolute Gasteiger partial charge is 0.143 e. The molecule has 0 bridgehead atoms. The van der Waals surface area contributed by atoms with Gasteiger partial charge in [-0.1, -0.05) is 20.3 Å². The number of nitrogens with one attached hydrogen (secondary N) is 1. The third-order valence-corrected chi connectivity index (χ3v) is 1.88. The summed E-state index contributed by atoms with van der Waals surface area (Å²) in [6, 6.07) is 0. The van der Waals surface area contributed by atoms with Gasteiger partial charge in [-0.05, 0) is 25.8 Å². The summed E-state index contributed by atoms with van der Waals surface area (Å²) in [5, 5.41) is 3.10. The Bertz CT molecular complexity index is 112. The highest BCUT2D eigenvalue weighted by atomic mass is 16.1. The normalized spacial score (nSPS) is 13.0. The summed E-state index contributed by atoms with van der Waals surface area (Å²) in [7, 11) is 0. The number of hydrogen-bond acceptors (Lipinski definition) is 2. The molecule has 0 aromatic heterocycles. The average Bonchev–Trinajstić information content (AvgIpc) is 1.97. The van der Waals surface area contributed by atoms with Gasteiger partial charge in [-0.25, -0.2) is 0 Å². The molecular formula is C9H19NO. The van der Waals surface area contributed by atoms with E-state index in [0.29, 0.717) is 6.54 Å². The molecule has 2 nitrogen and oxygen atoms in total. The minimum Gasteiger partial charge on any atom is -0.310 e. The van der Waals surface area contributed by atoms with Crippen molar-refractivity contribution < 1.29 is 4.79 Å². The van der Waals surface area contributed by atoms with Crippen LogP contribution in [0.1, 0.15) is 33.6 Å². The summed E-state index contributed by atoms with van der Waals surface area (Å²) >= 11 is 0. The summed E-state index contributed by atoms with van der Waals surface area (Å²) in [5.74, 6) is 0.989. The second-order valence-corrected chi connectivity index (χ2v) is 3.18. The topological polar surface area (TPSA) is 29.1 Å². The second-order valence-electron chi connectivity index (χ2n) is 3.18. The molecule has 2 heteroatoms. The zero-order chi connectivity index (χ0) is 8.69. The fourth-order valence-corrected chi connectivity index (χ4v) is 0.817. The lowest BCUT2D eigenvalue weighted by atomic mass is 10.1. The van der Waals surface area contributed by atoms with Gasteiger partial charge in [0.05, 0.1) is 6.54 Å². The van der Waals surface area contributed by atoms with Gasteiger partial charge in [0.15, 0.2) is 0 Å². The Morgan fingerprint density at radius 2 is 2.18 bits per heavy atom. The quantitative estimate of drug-likeness (QED) is 0.593. The maximum Gasteiger partial charge on any atom is 0.143 e. The first-order valence-corrected chi connectivity index (χ1v) is 4.37.